The van der Waals surface area contributed by atoms with Crippen molar-refractivity contribution >= 4 is 12.2 Å². The molecule has 2 rings (SSSR count). The maximum absolute atomic E-state index is 5.82. The van der Waals surface area contributed by atoms with E-state index in [-0.39, 0.29) is 0 Å². The van der Waals surface area contributed by atoms with Crippen molar-refractivity contribution in [2.75, 3.05) is 6.61 Å². The minimum atomic E-state index is 0.536. The molecule has 0 spiro atoms. The Morgan fingerprint density at radius 1 is 0.750 bits per heavy atom. The summed E-state index contributed by atoms with van der Waals surface area (Å²) < 4.78 is 5.82. The van der Waals surface area contributed by atoms with Gasteiger partial charge in [-0.15, -0.1) is 0 Å². The second-order valence-corrected chi connectivity index (χ2v) is 7.09. The van der Waals surface area contributed by atoms with E-state index in [1.807, 2.05) is 69.2 Å². The van der Waals surface area contributed by atoms with Crippen LogP contribution in [0, 0.1) is 19.8 Å². The lowest BCUT2D eigenvalue weighted by Gasteiger charge is -2.14. The van der Waals surface area contributed by atoms with Crippen LogP contribution in [0.15, 0.2) is 49.1 Å². The molecule has 0 N–H and O–H groups in total. The number of benzene rings is 2. The zero-order chi connectivity index (χ0) is 28.9. The Morgan fingerprint density at radius 3 is 1.78 bits per heavy atom. The molecule has 0 amide bonds. The summed E-state index contributed by atoms with van der Waals surface area (Å²) >= 11 is 0. The smallest absolute Gasteiger partial charge is 0.120 e. The van der Waals surface area contributed by atoms with Gasteiger partial charge in [0, 0.05) is 0 Å². The highest BCUT2D eigenvalue weighted by Crippen LogP contribution is 2.24. The van der Waals surface area contributed by atoms with Gasteiger partial charge in [-0.2, -0.15) is 0 Å². The normalized spacial score (nSPS) is 8.97. The van der Waals surface area contributed by atoms with Gasteiger partial charge in [-0.1, -0.05) is 151 Å². The van der Waals surface area contributed by atoms with Crippen LogP contribution in [0.5, 0.6) is 5.75 Å². The Balaban J connectivity index is -0.000000456. The molecule has 0 unspecified atom stereocenters. The average Bonchev–Trinajstić information content (AvgIpc) is 2.95. The van der Waals surface area contributed by atoms with Gasteiger partial charge >= 0.3 is 0 Å². The summed E-state index contributed by atoms with van der Waals surface area (Å²) in [6.07, 6.45) is 9.70. The molecule has 0 saturated carbocycles. The summed E-state index contributed by atoms with van der Waals surface area (Å²) in [5, 5.41) is 0. The molecule has 0 aliphatic carbocycles. The van der Waals surface area contributed by atoms with Crippen molar-refractivity contribution in [1.29, 1.82) is 0 Å². The molecule has 2 aromatic carbocycles. The van der Waals surface area contributed by atoms with Gasteiger partial charge in [-0.05, 0) is 60.6 Å². The van der Waals surface area contributed by atoms with E-state index < -0.39 is 0 Å². The third-order valence-corrected chi connectivity index (χ3v) is 4.92. The molecule has 1 heteroatoms. The molecular weight excluding hydrogens is 436 g/mol. The minimum Gasteiger partial charge on any atom is -0.490 e. The Morgan fingerprint density at radius 2 is 1.31 bits per heavy atom. The molecule has 0 fully saturated rings. The summed E-state index contributed by atoms with van der Waals surface area (Å²) in [5.74, 6) is 1.65. The van der Waals surface area contributed by atoms with Crippen LogP contribution in [0.3, 0.4) is 0 Å². The van der Waals surface area contributed by atoms with Gasteiger partial charge in [-0.3, -0.25) is 0 Å². The lowest BCUT2D eigenvalue weighted by atomic mass is 9.93. The quantitative estimate of drug-likeness (QED) is 0.247. The van der Waals surface area contributed by atoms with E-state index in [0.29, 0.717) is 6.61 Å². The third-order valence-electron chi connectivity index (χ3n) is 4.92. The van der Waals surface area contributed by atoms with Crippen LogP contribution in [0.4, 0.5) is 0 Å². The molecule has 0 atom stereocenters. The van der Waals surface area contributed by atoms with Gasteiger partial charge < -0.3 is 4.74 Å². The first-order valence-electron chi connectivity index (χ1n) is 14.7. The number of aryl methyl sites for hydroxylation is 2. The minimum absolute atomic E-state index is 0.536. The molecular formula is C35H62O. The van der Waals surface area contributed by atoms with Crippen LogP contribution in [0.2, 0.25) is 0 Å². The monoisotopic (exact) mass is 498 g/mol. The molecule has 1 nitrogen and oxygen atoms in total. The molecule has 0 bridgehead atoms. The first-order valence-corrected chi connectivity index (χ1v) is 14.7. The van der Waals surface area contributed by atoms with Crippen LogP contribution >= 0.6 is 0 Å². The van der Waals surface area contributed by atoms with Gasteiger partial charge in [0.05, 0.1) is 0 Å². The summed E-state index contributed by atoms with van der Waals surface area (Å²) in [7, 11) is 0. The topological polar surface area (TPSA) is 9.23 Å². The van der Waals surface area contributed by atoms with Crippen LogP contribution in [0.1, 0.15) is 124 Å². The molecule has 0 heterocycles. The van der Waals surface area contributed by atoms with Gasteiger partial charge in [0.2, 0.25) is 0 Å². The number of rotatable bonds is 9. The predicted molar refractivity (Wildman–Crippen MR) is 171 cm³/mol. The molecule has 0 saturated heterocycles. The number of hydrogen-bond donors (Lipinski definition) is 0. The fourth-order valence-electron chi connectivity index (χ4n) is 3.25. The fourth-order valence-corrected chi connectivity index (χ4v) is 3.25. The van der Waals surface area contributed by atoms with Crippen LogP contribution in [0.25, 0.3) is 12.2 Å². The second kappa shape index (κ2) is 30.8. The lowest BCUT2D eigenvalue weighted by molar-refractivity contribution is 0.362. The fraction of sp³-hybridized carbons (Fsp3) is 0.543. The van der Waals surface area contributed by atoms with Crippen molar-refractivity contribution in [1.82, 2.24) is 0 Å². The Hall–Kier alpha value is -2.28. The van der Waals surface area contributed by atoms with E-state index in [2.05, 4.69) is 82.8 Å². The molecule has 0 aliphatic rings. The van der Waals surface area contributed by atoms with Crippen molar-refractivity contribution in [3.8, 4) is 5.75 Å². The maximum atomic E-state index is 5.82. The second-order valence-electron chi connectivity index (χ2n) is 7.09. The van der Waals surface area contributed by atoms with Crippen LogP contribution in [-0.2, 0) is 6.42 Å². The zero-order valence-electron chi connectivity index (χ0n) is 26.7. The molecule has 2 aromatic rings. The number of hydrogen-bond acceptors (Lipinski definition) is 1. The van der Waals surface area contributed by atoms with Crippen molar-refractivity contribution in [3.63, 3.8) is 0 Å². The van der Waals surface area contributed by atoms with Gasteiger partial charge in [-0.25, -0.2) is 0 Å². The standard InChI is InChI=1S/C25H32O.5C2H6/c1-6-13-26-25-17-22(16-23(18-25)15-21(7-2)8-3)10-12-24-11-9-19(4)14-20(24)5;5*1-2/h6,9-12,14,16-18,21H,1,7-8,13,15H2,2-5H3;5*1-2H3/b12-10+;;;;;. The Labute approximate surface area is 228 Å². The Bertz CT molecular complexity index is 751. The molecule has 0 radical (unpaired) electrons. The summed E-state index contributed by atoms with van der Waals surface area (Å²) in [6.45, 7) is 33.1. The predicted octanol–water partition coefficient (Wildman–Crippen LogP) is 12.1. The largest absolute Gasteiger partial charge is 0.490 e. The van der Waals surface area contributed by atoms with Gasteiger partial charge in [0.25, 0.3) is 0 Å². The molecule has 36 heavy (non-hydrogen) atoms. The molecule has 0 aromatic heterocycles. The van der Waals surface area contributed by atoms with Crippen LogP contribution < -0.4 is 4.74 Å². The van der Waals surface area contributed by atoms with Crippen molar-refractivity contribution in [2.24, 2.45) is 5.92 Å². The first-order chi connectivity index (χ1) is 17.5. The van der Waals surface area contributed by atoms with Crippen molar-refractivity contribution < 1.29 is 4.74 Å². The first kappa shape index (κ1) is 40.9. The summed E-state index contributed by atoms with van der Waals surface area (Å²) in [5.41, 5.74) is 6.40. The average molecular weight is 499 g/mol. The van der Waals surface area contributed by atoms with E-state index >= 15 is 0 Å². The SMILES string of the molecule is C=CCOc1cc(/C=C/c2ccc(C)cc2C)cc(CC(CC)CC)c1.CC.CC.CC.CC.CC. The van der Waals surface area contributed by atoms with Crippen LogP contribution in [-0.4, -0.2) is 6.61 Å². The highest BCUT2D eigenvalue weighted by atomic mass is 16.5. The van der Waals surface area contributed by atoms with Gasteiger partial charge in [0.1, 0.15) is 12.4 Å². The van der Waals surface area contributed by atoms with Gasteiger partial charge in [0.15, 0.2) is 0 Å². The van der Waals surface area contributed by atoms with E-state index in [1.165, 1.54) is 40.7 Å². The van der Waals surface area contributed by atoms with Crippen molar-refractivity contribution in [3.05, 3.63) is 76.9 Å². The molecule has 208 valence electrons. The lowest BCUT2D eigenvalue weighted by Crippen LogP contribution is -2.03. The highest BCUT2D eigenvalue weighted by Gasteiger charge is 2.07. The summed E-state index contributed by atoms with van der Waals surface area (Å²) in [4.78, 5) is 0. The van der Waals surface area contributed by atoms with E-state index in [9.17, 15) is 0 Å². The third kappa shape index (κ3) is 19.0. The highest BCUT2D eigenvalue weighted by molar-refractivity contribution is 5.72. The maximum Gasteiger partial charge on any atom is 0.120 e. The summed E-state index contributed by atoms with van der Waals surface area (Å²) in [6, 6.07) is 13.1. The van der Waals surface area contributed by atoms with E-state index in [4.69, 9.17) is 4.74 Å². The van der Waals surface area contributed by atoms with Crippen molar-refractivity contribution in [2.45, 2.75) is 116 Å². The van der Waals surface area contributed by atoms with E-state index in [0.717, 1.165) is 18.1 Å². The zero-order valence-corrected chi connectivity index (χ0v) is 26.7. The van der Waals surface area contributed by atoms with E-state index in [1.54, 1.807) is 6.08 Å². The Kier molecular flexibility index (Phi) is 34.9. The number of ether oxygens (including phenoxy) is 1. The molecule has 0 aliphatic heterocycles.